The average Bonchev–Trinajstić information content (AvgIpc) is 3.30. The molecule has 1 amide bonds. The van der Waals surface area contributed by atoms with E-state index in [0.717, 1.165) is 27.1 Å². The summed E-state index contributed by atoms with van der Waals surface area (Å²) in [5.41, 5.74) is 5.29. The SMILES string of the molecule is Cc1ccc2c(c1)=C(c1sc(=S)n(Nc3nc4ccccc4s3)c1O)C(=O)N=2. The van der Waals surface area contributed by atoms with Gasteiger partial charge in [0.1, 0.15) is 4.88 Å². The van der Waals surface area contributed by atoms with E-state index < -0.39 is 0 Å². The lowest BCUT2D eigenvalue weighted by atomic mass is 10.1. The molecule has 0 radical (unpaired) electrons. The maximum Gasteiger partial charge on any atom is 0.279 e. The Bertz CT molecular complexity index is 1430. The summed E-state index contributed by atoms with van der Waals surface area (Å²) in [6, 6.07) is 13.4. The second kappa shape index (κ2) is 6.33. The number of amides is 1. The molecule has 2 N–H and O–H groups in total. The molecule has 1 aliphatic heterocycles. The van der Waals surface area contributed by atoms with Gasteiger partial charge in [0, 0.05) is 5.22 Å². The number of fused-ring (bicyclic) bond motifs is 2. The Balaban J connectivity index is 1.64. The van der Waals surface area contributed by atoms with Gasteiger partial charge >= 0.3 is 0 Å². The maximum atomic E-state index is 12.5. The lowest BCUT2D eigenvalue weighted by molar-refractivity contribution is -0.112. The molecule has 0 unspecified atom stereocenters. The smallest absolute Gasteiger partial charge is 0.279 e. The molecule has 4 aromatic rings. The van der Waals surface area contributed by atoms with Crippen LogP contribution in [-0.4, -0.2) is 20.7 Å². The predicted molar refractivity (Wildman–Crippen MR) is 113 cm³/mol. The molecule has 0 spiro atoms. The van der Waals surface area contributed by atoms with Gasteiger partial charge in [-0.15, -0.1) is 0 Å². The number of nitrogens with zero attached hydrogens (tertiary/aromatic N) is 3. The molecular weight excluding hydrogens is 412 g/mol. The molecule has 28 heavy (non-hydrogen) atoms. The van der Waals surface area contributed by atoms with Crippen LogP contribution in [0.25, 0.3) is 15.8 Å². The lowest BCUT2D eigenvalue weighted by Crippen LogP contribution is -2.23. The molecule has 9 heteroatoms. The van der Waals surface area contributed by atoms with Crippen LogP contribution in [0.2, 0.25) is 0 Å². The molecule has 0 fully saturated rings. The summed E-state index contributed by atoms with van der Waals surface area (Å²) in [4.78, 5) is 21.5. The van der Waals surface area contributed by atoms with Gasteiger partial charge in [-0.3, -0.25) is 10.2 Å². The van der Waals surface area contributed by atoms with E-state index in [9.17, 15) is 9.90 Å². The summed E-state index contributed by atoms with van der Waals surface area (Å²) < 4.78 is 2.78. The predicted octanol–water partition coefficient (Wildman–Crippen LogP) is 3.14. The first-order valence-corrected chi connectivity index (χ1v) is 10.4. The maximum absolute atomic E-state index is 12.5. The van der Waals surface area contributed by atoms with Gasteiger partial charge in [0.2, 0.25) is 11.0 Å². The molecule has 0 bridgehead atoms. The number of thiazole rings is 2. The minimum atomic E-state index is -0.376. The standard InChI is InChI=1S/C19H12N4O2S3/c1-9-6-7-11-10(8-9)14(16(24)20-11)15-17(25)23(19(26)28-15)22-18-21-12-4-2-3-5-13(12)27-18/h2-8,25H,1H3,(H,21,22). The summed E-state index contributed by atoms with van der Waals surface area (Å²) in [6.45, 7) is 1.95. The number of carbonyl (C=O) groups excluding carboxylic acids is 1. The summed E-state index contributed by atoms with van der Waals surface area (Å²) in [6.07, 6.45) is 0. The van der Waals surface area contributed by atoms with Crippen LogP contribution >= 0.6 is 34.9 Å². The minimum absolute atomic E-state index is 0.123. The van der Waals surface area contributed by atoms with E-state index in [1.807, 2.05) is 49.4 Å². The van der Waals surface area contributed by atoms with Crippen LogP contribution in [0, 0.1) is 10.9 Å². The van der Waals surface area contributed by atoms with Crippen molar-refractivity contribution in [2.45, 2.75) is 6.92 Å². The van der Waals surface area contributed by atoms with Gasteiger partial charge in [-0.2, -0.15) is 4.68 Å². The van der Waals surface area contributed by atoms with Crippen molar-refractivity contribution in [1.82, 2.24) is 9.66 Å². The van der Waals surface area contributed by atoms with Gasteiger partial charge in [0.05, 0.1) is 21.1 Å². The molecular formula is C19H12N4O2S3. The summed E-state index contributed by atoms with van der Waals surface area (Å²) >= 11 is 8.04. The highest BCUT2D eigenvalue weighted by Gasteiger charge is 2.25. The molecule has 5 rings (SSSR count). The zero-order chi connectivity index (χ0) is 19.4. The number of nitrogens with one attached hydrogen (secondary N) is 1. The zero-order valence-electron chi connectivity index (χ0n) is 14.5. The first-order valence-electron chi connectivity index (χ1n) is 8.33. The topological polar surface area (TPSA) is 79.5 Å². The largest absolute Gasteiger partial charge is 0.492 e. The Hall–Kier alpha value is -2.88. The fourth-order valence-electron chi connectivity index (χ4n) is 3.09. The van der Waals surface area contributed by atoms with Crippen molar-refractivity contribution in [1.29, 1.82) is 0 Å². The fraction of sp³-hybridized carbons (Fsp3) is 0.0526. The number of carbonyl (C=O) groups is 1. The molecule has 0 aliphatic carbocycles. The van der Waals surface area contributed by atoms with Crippen molar-refractivity contribution in [3.63, 3.8) is 0 Å². The van der Waals surface area contributed by atoms with Crippen LogP contribution < -0.4 is 16.0 Å². The molecule has 138 valence electrons. The van der Waals surface area contributed by atoms with E-state index in [4.69, 9.17) is 12.2 Å². The second-order valence-electron chi connectivity index (χ2n) is 6.27. The molecule has 1 aliphatic rings. The van der Waals surface area contributed by atoms with Gasteiger partial charge in [-0.25, -0.2) is 9.98 Å². The number of hydrogen-bond acceptors (Lipinski definition) is 7. The molecule has 3 heterocycles. The fourth-order valence-corrected chi connectivity index (χ4v) is 5.21. The first-order chi connectivity index (χ1) is 13.5. The molecule has 6 nitrogen and oxygen atoms in total. The number of benzene rings is 2. The third-order valence-electron chi connectivity index (χ3n) is 4.37. The van der Waals surface area contributed by atoms with Crippen LogP contribution in [0.3, 0.4) is 0 Å². The third kappa shape index (κ3) is 2.67. The Morgan fingerprint density at radius 1 is 1.18 bits per heavy atom. The van der Waals surface area contributed by atoms with E-state index in [-0.39, 0.29) is 11.8 Å². The first kappa shape index (κ1) is 17.2. The van der Waals surface area contributed by atoms with Crippen LogP contribution in [0.15, 0.2) is 47.5 Å². The van der Waals surface area contributed by atoms with Gasteiger partial charge in [0.25, 0.3) is 5.91 Å². The van der Waals surface area contributed by atoms with E-state index in [0.29, 0.717) is 30.1 Å². The average molecular weight is 425 g/mol. The van der Waals surface area contributed by atoms with Crippen molar-refractivity contribution in [2.75, 3.05) is 5.43 Å². The zero-order valence-corrected chi connectivity index (χ0v) is 16.9. The number of hydrogen-bond donors (Lipinski definition) is 2. The number of rotatable bonds is 3. The quantitative estimate of drug-likeness (QED) is 0.494. The van der Waals surface area contributed by atoms with E-state index in [2.05, 4.69) is 15.4 Å². The number of aromatic nitrogens is 2. The van der Waals surface area contributed by atoms with E-state index in [1.165, 1.54) is 16.0 Å². The minimum Gasteiger partial charge on any atom is -0.492 e. The van der Waals surface area contributed by atoms with Gasteiger partial charge < -0.3 is 5.11 Å². The number of anilines is 1. The van der Waals surface area contributed by atoms with Gasteiger partial charge in [-0.05, 0) is 43.4 Å². The molecule has 2 aromatic heterocycles. The Labute approximate surface area is 171 Å². The Morgan fingerprint density at radius 3 is 2.82 bits per heavy atom. The second-order valence-corrected chi connectivity index (χ2v) is 8.94. The van der Waals surface area contributed by atoms with Crippen molar-refractivity contribution < 1.29 is 9.90 Å². The van der Waals surface area contributed by atoms with Gasteiger partial charge in [-0.1, -0.05) is 46.4 Å². The lowest BCUT2D eigenvalue weighted by Gasteiger charge is -2.05. The van der Waals surface area contributed by atoms with Crippen molar-refractivity contribution in [3.05, 3.63) is 67.4 Å². The van der Waals surface area contributed by atoms with Gasteiger partial charge in [0.15, 0.2) is 3.95 Å². The van der Waals surface area contributed by atoms with Crippen LogP contribution in [0.4, 0.5) is 5.13 Å². The van der Waals surface area contributed by atoms with E-state index in [1.54, 1.807) is 0 Å². The number of aryl methyl sites for hydroxylation is 1. The number of para-hydroxylation sites is 1. The number of aromatic hydroxyl groups is 1. The monoisotopic (exact) mass is 424 g/mol. The van der Waals surface area contributed by atoms with Crippen molar-refractivity contribution >= 4 is 61.7 Å². The molecule has 0 saturated carbocycles. The summed E-state index contributed by atoms with van der Waals surface area (Å²) in [5.74, 6) is -0.499. The molecule has 0 saturated heterocycles. The normalized spacial score (nSPS) is 13.0. The molecule has 2 aromatic carbocycles. The molecule has 0 atom stereocenters. The van der Waals surface area contributed by atoms with Crippen LogP contribution in [-0.2, 0) is 4.79 Å². The Morgan fingerprint density at radius 2 is 2.00 bits per heavy atom. The highest BCUT2D eigenvalue weighted by atomic mass is 32.1. The van der Waals surface area contributed by atoms with Crippen molar-refractivity contribution in [3.8, 4) is 5.88 Å². The Kier molecular flexibility index (Phi) is 3.90. The summed E-state index contributed by atoms with van der Waals surface area (Å²) in [5, 5.41) is 12.7. The highest BCUT2D eigenvalue weighted by Crippen LogP contribution is 2.33. The van der Waals surface area contributed by atoms with Crippen LogP contribution in [0.5, 0.6) is 5.88 Å². The van der Waals surface area contributed by atoms with Crippen LogP contribution in [0.1, 0.15) is 10.4 Å². The highest BCUT2D eigenvalue weighted by molar-refractivity contribution is 7.73. The van der Waals surface area contributed by atoms with E-state index >= 15 is 0 Å². The van der Waals surface area contributed by atoms with Crippen molar-refractivity contribution in [2.24, 2.45) is 4.99 Å². The third-order valence-corrected chi connectivity index (χ3v) is 6.69. The summed E-state index contributed by atoms with van der Waals surface area (Å²) in [7, 11) is 0.